The number of carboxylic acid groups (broad SMARTS) is 1. The highest BCUT2D eigenvalue weighted by atomic mass is 16.4. The van der Waals surface area contributed by atoms with Gasteiger partial charge in [0.25, 0.3) is 0 Å². The van der Waals surface area contributed by atoms with Gasteiger partial charge in [0.2, 0.25) is 0 Å². The summed E-state index contributed by atoms with van der Waals surface area (Å²) in [6.07, 6.45) is 4.31. The van der Waals surface area contributed by atoms with Crippen LogP contribution in [0.1, 0.15) is 17.7 Å². The van der Waals surface area contributed by atoms with Crippen LogP contribution in [-0.4, -0.2) is 20.5 Å². The molecule has 2 aromatic heterocycles. The van der Waals surface area contributed by atoms with Crippen molar-refractivity contribution in [1.29, 1.82) is 0 Å². The Bertz CT molecular complexity index is 502. The molecule has 2 heterocycles. The summed E-state index contributed by atoms with van der Waals surface area (Å²) in [5.74, 6) is -0.780. The number of hydrogen-bond donors (Lipinski definition) is 1. The molecule has 1 N–H and O–H groups in total. The number of pyridine rings is 1. The predicted molar refractivity (Wildman–Crippen MR) is 55.9 cm³/mol. The molecule has 0 saturated carbocycles. The minimum absolute atomic E-state index is 0.141. The molecule has 0 radical (unpaired) electrons. The lowest BCUT2D eigenvalue weighted by atomic mass is 10.2. The van der Waals surface area contributed by atoms with Crippen molar-refractivity contribution >= 4 is 11.6 Å². The highest BCUT2D eigenvalue weighted by molar-refractivity contribution is 5.67. The Morgan fingerprint density at radius 2 is 2.40 bits per heavy atom. The Kier molecular flexibility index (Phi) is 2.41. The molecule has 15 heavy (non-hydrogen) atoms. The second-order valence-electron chi connectivity index (χ2n) is 3.58. The quantitative estimate of drug-likeness (QED) is 0.827. The average Bonchev–Trinajstić information content (AvgIpc) is 2.57. The molecule has 0 bridgehead atoms. The maximum Gasteiger partial charge on any atom is 0.303 e. The van der Waals surface area contributed by atoms with E-state index in [0.717, 1.165) is 16.9 Å². The fourth-order valence-corrected chi connectivity index (χ4v) is 1.55. The zero-order chi connectivity index (χ0) is 10.8. The van der Waals surface area contributed by atoms with E-state index >= 15 is 0 Å². The third-order valence-corrected chi connectivity index (χ3v) is 2.34. The summed E-state index contributed by atoms with van der Waals surface area (Å²) < 4.78 is 1.93. The lowest BCUT2D eigenvalue weighted by Gasteiger charge is -2.00. The van der Waals surface area contributed by atoms with E-state index in [-0.39, 0.29) is 6.42 Å². The van der Waals surface area contributed by atoms with Gasteiger partial charge in [-0.1, -0.05) is 0 Å². The zero-order valence-electron chi connectivity index (χ0n) is 8.47. The third kappa shape index (κ3) is 1.98. The van der Waals surface area contributed by atoms with Crippen LogP contribution in [-0.2, 0) is 11.2 Å². The zero-order valence-corrected chi connectivity index (χ0v) is 8.47. The summed E-state index contributed by atoms with van der Waals surface area (Å²) in [6, 6.07) is 3.96. The van der Waals surface area contributed by atoms with Crippen LogP contribution in [0, 0.1) is 6.92 Å². The Hall–Kier alpha value is -1.84. The highest BCUT2D eigenvalue weighted by Crippen LogP contribution is 2.10. The van der Waals surface area contributed by atoms with Gasteiger partial charge >= 0.3 is 5.97 Å². The van der Waals surface area contributed by atoms with Gasteiger partial charge in [-0.15, -0.1) is 0 Å². The summed E-state index contributed by atoms with van der Waals surface area (Å²) in [5.41, 5.74) is 2.96. The monoisotopic (exact) mass is 204 g/mol. The SMILES string of the molecule is Cc1ccn2c(CCC(=O)O)cnc2c1. The van der Waals surface area contributed by atoms with Gasteiger partial charge < -0.3 is 9.51 Å². The second-order valence-corrected chi connectivity index (χ2v) is 3.58. The number of nitrogens with zero attached hydrogens (tertiary/aromatic N) is 2. The van der Waals surface area contributed by atoms with Crippen molar-refractivity contribution in [2.24, 2.45) is 0 Å². The minimum atomic E-state index is -0.780. The van der Waals surface area contributed by atoms with Crippen molar-refractivity contribution in [3.63, 3.8) is 0 Å². The van der Waals surface area contributed by atoms with Gasteiger partial charge in [-0.2, -0.15) is 0 Å². The maximum absolute atomic E-state index is 10.5. The first-order chi connectivity index (χ1) is 7.16. The number of hydrogen-bond acceptors (Lipinski definition) is 2. The first kappa shape index (κ1) is 9.71. The molecule has 0 aliphatic heterocycles. The van der Waals surface area contributed by atoms with Crippen molar-refractivity contribution in [3.8, 4) is 0 Å². The number of carbonyl (C=O) groups is 1. The summed E-state index contributed by atoms with van der Waals surface area (Å²) >= 11 is 0. The largest absolute Gasteiger partial charge is 0.481 e. The van der Waals surface area contributed by atoms with Gasteiger partial charge in [0, 0.05) is 24.5 Å². The van der Waals surface area contributed by atoms with E-state index in [9.17, 15) is 4.79 Å². The molecule has 0 aliphatic carbocycles. The Morgan fingerprint density at radius 1 is 1.60 bits per heavy atom. The number of aryl methyl sites for hydroxylation is 2. The molecule has 0 spiro atoms. The number of aliphatic carboxylic acids is 1. The van der Waals surface area contributed by atoms with Gasteiger partial charge in [-0.05, 0) is 24.6 Å². The van der Waals surface area contributed by atoms with E-state index in [1.807, 2.05) is 29.7 Å². The van der Waals surface area contributed by atoms with Gasteiger partial charge in [0.15, 0.2) is 0 Å². The van der Waals surface area contributed by atoms with Crippen molar-refractivity contribution in [3.05, 3.63) is 35.8 Å². The third-order valence-electron chi connectivity index (χ3n) is 2.34. The molecule has 0 fully saturated rings. The average molecular weight is 204 g/mol. The van der Waals surface area contributed by atoms with Crippen LogP contribution < -0.4 is 0 Å². The van der Waals surface area contributed by atoms with Crippen LogP contribution in [0.3, 0.4) is 0 Å². The molecule has 0 aliphatic rings. The topological polar surface area (TPSA) is 54.6 Å². The van der Waals surface area contributed by atoms with Gasteiger partial charge in [0.05, 0.1) is 6.42 Å². The highest BCUT2D eigenvalue weighted by Gasteiger charge is 2.05. The molecule has 78 valence electrons. The van der Waals surface area contributed by atoms with Crippen LogP contribution in [0.25, 0.3) is 5.65 Å². The standard InChI is InChI=1S/C11H12N2O2/c1-8-4-5-13-9(2-3-11(14)15)7-12-10(13)6-8/h4-7H,2-3H2,1H3,(H,14,15). The number of carboxylic acids is 1. The molecule has 0 aromatic carbocycles. The van der Waals surface area contributed by atoms with Gasteiger partial charge in [0.1, 0.15) is 5.65 Å². The van der Waals surface area contributed by atoms with E-state index in [1.165, 1.54) is 0 Å². The van der Waals surface area contributed by atoms with Crippen LogP contribution >= 0.6 is 0 Å². The van der Waals surface area contributed by atoms with Gasteiger partial charge in [-0.3, -0.25) is 4.79 Å². The lowest BCUT2D eigenvalue weighted by molar-refractivity contribution is -0.136. The van der Waals surface area contributed by atoms with Crippen LogP contribution in [0.2, 0.25) is 0 Å². The molecule has 2 rings (SSSR count). The first-order valence-corrected chi connectivity index (χ1v) is 4.81. The van der Waals surface area contributed by atoms with Crippen LogP contribution in [0.5, 0.6) is 0 Å². The van der Waals surface area contributed by atoms with Crippen molar-refractivity contribution < 1.29 is 9.90 Å². The Morgan fingerprint density at radius 3 is 3.13 bits per heavy atom. The van der Waals surface area contributed by atoms with E-state index < -0.39 is 5.97 Å². The molecular formula is C11H12N2O2. The normalized spacial score (nSPS) is 10.7. The first-order valence-electron chi connectivity index (χ1n) is 4.81. The van der Waals surface area contributed by atoms with Gasteiger partial charge in [-0.25, -0.2) is 4.98 Å². The molecule has 0 atom stereocenters. The number of aromatic nitrogens is 2. The number of rotatable bonds is 3. The van der Waals surface area contributed by atoms with Crippen LogP contribution in [0.4, 0.5) is 0 Å². The molecule has 4 heteroatoms. The summed E-state index contributed by atoms with van der Waals surface area (Å²) in [7, 11) is 0. The lowest BCUT2D eigenvalue weighted by Crippen LogP contribution is -2.00. The summed E-state index contributed by atoms with van der Waals surface area (Å²) in [6.45, 7) is 2.01. The van der Waals surface area contributed by atoms with E-state index in [2.05, 4.69) is 4.98 Å². The fourth-order valence-electron chi connectivity index (χ4n) is 1.55. The van der Waals surface area contributed by atoms with Crippen molar-refractivity contribution in [2.45, 2.75) is 19.8 Å². The maximum atomic E-state index is 10.5. The smallest absolute Gasteiger partial charge is 0.303 e. The molecule has 2 aromatic rings. The molecule has 0 unspecified atom stereocenters. The number of fused-ring (bicyclic) bond motifs is 1. The van der Waals surface area contributed by atoms with E-state index in [4.69, 9.17) is 5.11 Å². The summed E-state index contributed by atoms with van der Waals surface area (Å²) in [4.78, 5) is 14.7. The van der Waals surface area contributed by atoms with Crippen molar-refractivity contribution in [2.75, 3.05) is 0 Å². The second kappa shape index (κ2) is 3.73. The van der Waals surface area contributed by atoms with E-state index in [0.29, 0.717) is 6.42 Å². The fraction of sp³-hybridized carbons (Fsp3) is 0.273. The van der Waals surface area contributed by atoms with E-state index in [1.54, 1.807) is 6.20 Å². The Labute approximate surface area is 87.2 Å². The van der Waals surface area contributed by atoms with Crippen molar-refractivity contribution in [1.82, 2.24) is 9.38 Å². The number of imidazole rings is 1. The molecular weight excluding hydrogens is 192 g/mol. The molecule has 4 nitrogen and oxygen atoms in total. The van der Waals surface area contributed by atoms with Crippen LogP contribution in [0.15, 0.2) is 24.5 Å². The minimum Gasteiger partial charge on any atom is -0.481 e. The summed E-state index contributed by atoms with van der Waals surface area (Å²) in [5, 5.41) is 8.60. The molecule has 0 amide bonds. The predicted octanol–water partition coefficient (Wildman–Crippen LogP) is 1.66. The Balaban J connectivity index is 2.32. The molecule has 0 saturated heterocycles.